The second kappa shape index (κ2) is 7.21. The summed E-state index contributed by atoms with van der Waals surface area (Å²) in [7, 11) is -3.41. The predicted octanol–water partition coefficient (Wildman–Crippen LogP) is 2.72. The van der Waals surface area contributed by atoms with Gasteiger partial charge in [0, 0.05) is 10.5 Å². The lowest BCUT2D eigenvalue weighted by Gasteiger charge is -2.11. The zero-order chi connectivity index (χ0) is 14.5. The molecule has 4 nitrogen and oxygen atoms in total. The molecular formula is C12H18BrFN2O2S. The molecule has 0 saturated carbocycles. The van der Waals surface area contributed by atoms with E-state index in [1.54, 1.807) is 0 Å². The van der Waals surface area contributed by atoms with Gasteiger partial charge in [0.15, 0.2) is 0 Å². The van der Waals surface area contributed by atoms with Gasteiger partial charge in [0.05, 0.1) is 11.4 Å². The molecule has 0 saturated heterocycles. The van der Waals surface area contributed by atoms with Crippen LogP contribution in [0.15, 0.2) is 22.7 Å². The van der Waals surface area contributed by atoms with Crippen molar-refractivity contribution < 1.29 is 12.8 Å². The molecule has 0 aliphatic carbocycles. The van der Waals surface area contributed by atoms with Crippen LogP contribution in [-0.2, 0) is 10.0 Å². The summed E-state index contributed by atoms with van der Waals surface area (Å²) in [6.45, 7) is 4.65. The summed E-state index contributed by atoms with van der Waals surface area (Å²) in [4.78, 5) is 0. The lowest BCUT2D eigenvalue weighted by molar-refractivity contribution is 0.571. The average Bonchev–Trinajstić information content (AvgIpc) is 2.28. The van der Waals surface area contributed by atoms with Crippen LogP contribution in [-0.4, -0.2) is 26.8 Å². The molecule has 0 spiro atoms. The largest absolute Gasteiger partial charge is 0.314 e. The molecule has 0 atom stereocenters. The molecule has 1 rings (SSSR count). The van der Waals surface area contributed by atoms with Gasteiger partial charge in [-0.15, -0.1) is 0 Å². The number of rotatable bonds is 7. The maximum atomic E-state index is 12.9. The molecule has 19 heavy (non-hydrogen) atoms. The lowest BCUT2D eigenvalue weighted by Crippen LogP contribution is -2.26. The highest BCUT2D eigenvalue weighted by Gasteiger charge is 2.12. The number of hydrogen-bond acceptors (Lipinski definition) is 3. The molecular weight excluding hydrogens is 335 g/mol. The Morgan fingerprint density at radius 1 is 1.37 bits per heavy atom. The summed E-state index contributed by atoms with van der Waals surface area (Å²) in [6, 6.07) is 4.16. The number of nitrogens with one attached hydrogen (secondary N) is 2. The van der Waals surface area contributed by atoms with Crippen molar-refractivity contribution in [3.8, 4) is 0 Å². The van der Waals surface area contributed by atoms with Crippen LogP contribution < -0.4 is 10.0 Å². The Morgan fingerprint density at radius 3 is 2.63 bits per heavy atom. The Bertz CT molecular complexity index is 520. The lowest BCUT2D eigenvalue weighted by atomic mass is 10.3. The highest BCUT2D eigenvalue weighted by Crippen LogP contribution is 2.24. The third-order valence-electron chi connectivity index (χ3n) is 2.34. The smallest absolute Gasteiger partial charge is 0.232 e. The summed E-state index contributed by atoms with van der Waals surface area (Å²) in [5, 5.41) is 3.15. The van der Waals surface area contributed by atoms with E-state index in [-0.39, 0.29) is 5.75 Å². The molecule has 2 N–H and O–H groups in total. The van der Waals surface area contributed by atoms with Crippen molar-refractivity contribution >= 4 is 31.6 Å². The van der Waals surface area contributed by atoms with Crippen LogP contribution in [0.1, 0.15) is 20.3 Å². The van der Waals surface area contributed by atoms with E-state index in [1.165, 1.54) is 18.2 Å². The third-order valence-corrected chi connectivity index (χ3v) is 4.35. The summed E-state index contributed by atoms with van der Waals surface area (Å²) in [6.07, 6.45) is 0.520. The minimum absolute atomic E-state index is 0.0243. The van der Waals surface area contributed by atoms with E-state index in [9.17, 15) is 12.8 Å². The quantitative estimate of drug-likeness (QED) is 0.741. The first-order valence-corrected chi connectivity index (χ1v) is 8.43. The van der Waals surface area contributed by atoms with Crippen molar-refractivity contribution in [1.82, 2.24) is 5.32 Å². The van der Waals surface area contributed by atoms with Gasteiger partial charge in [-0.05, 0) is 47.1 Å². The summed E-state index contributed by atoms with van der Waals surface area (Å²) >= 11 is 3.12. The van der Waals surface area contributed by atoms with Crippen molar-refractivity contribution in [3.05, 3.63) is 28.5 Å². The number of anilines is 1. The Morgan fingerprint density at radius 2 is 2.05 bits per heavy atom. The molecule has 0 aromatic heterocycles. The SMILES string of the molecule is CC(C)NCCCS(=O)(=O)Nc1ccc(F)cc1Br. The van der Waals surface area contributed by atoms with Gasteiger partial charge < -0.3 is 5.32 Å². The van der Waals surface area contributed by atoms with Crippen molar-refractivity contribution in [2.45, 2.75) is 26.3 Å². The standard InChI is InChI=1S/C12H18BrFN2O2S/c1-9(2)15-6-3-7-19(17,18)16-12-5-4-10(14)8-11(12)13/h4-5,8-9,15-16H,3,6-7H2,1-2H3. The number of benzene rings is 1. The molecule has 7 heteroatoms. The van der Waals surface area contributed by atoms with Gasteiger partial charge in [0.2, 0.25) is 10.0 Å². The number of halogens is 2. The van der Waals surface area contributed by atoms with Crippen LogP contribution >= 0.6 is 15.9 Å². The van der Waals surface area contributed by atoms with E-state index in [4.69, 9.17) is 0 Å². The van der Waals surface area contributed by atoms with Gasteiger partial charge in [0.25, 0.3) is 0 Å². The fourth-order valence-corrected chi connectivity index (χ4v) is 3.16. The van der Waals surface area contributed by atoms with E-state index in [0.717, 1.165) is 0 Å². The minimum atomic E-state index is -3.41. The molecule has 0 amide bonds. The normalized spacial score (nSPS) is 11.8. The minimum Gasteiger partial charge on any atom is -0.314 e. The maximum Gasteiger partial charge on any atom is 0.232 e. The van der Waals surface area contributed by atoms with Gasteiger partial charge in [-0.2, -0.15) is 0 Å². The Hall–Kier alpha value is -0.660. The molecule has 0 unspecified atom stereocenters. The average molecular weight is 353 g/mol. The molecule has 0 aliphatic heterocycles. The highest BCUT2D eigenvalue weighted by atomic mass is 79.9. The van der Waals surface area contributed by atoms with Gasteiger partial charge in [-0.3, -0.25) is 4.72 Å². The van der Waals surface area contributed by atoms with E-state index < -0.39 is 15.8 Å². The van der Waals surface area contributed by atoms with Crippen molar-refractivity contribution in [2.24, 2.45) is 0 Å². The zero-order valence-corrected chi connectivity index (χ0v) is 13.3. The van der Waals surface area contributed by atoms with E-state index in [1.807, 2.05) is 13.8 Å². The van der Waals surface area contributed by atoms with Crippen LogP contribution in [0.2, 0.25) is 0 Å². The molecule has 0 bridgehead atoms. The van der Waals surface area contributed by atoms with Gasteiger partial charge in [-0.1, -0.05) is 13.8 Å². The topological polar surface area (TPSA) is 58.2 Å². The van der Waals surface area contributed by atoms with Crippen molar-refractivity contribution in [3.63, 3.8) is 0 Å². The predicted molar refractivity (Wildman–Crippen MR) is 79.3 cm³/mol. The van der Waals surface area contributed by atoms with Crippen molar-refractivity contribution in [2.75, 3.05) is 17.0 Å². The third kappa shape index (κ3) is 6.35. The van der Waals surface area contributed by atoms with Crippen molar-refractivity contribution in [1.29, 1.82) is 0 Å². The summed E-state index contributed by atoms with van der Waals surface area (Å²) in [5.74, 6) is -0.396. The summed E-state index contributed by atoms with van der Waals surface area (Å²) in [5.41, 5.74) is 0.346. The first kappa shape index (κ1) is 16.4. The molecule has 0 fully saturated rings. The molecule has 0 heterocycles. The number of sulfonamides is 1. The first-order valence-electron chi connectivity index (χ1n) is 5.99. The molecule has 108 valence electrons. The van der Waals surface area contributed by atoms with Gasteiger partial charge >= 0.3 is 0 Å². The Labute approximate surface area is 122 Å². The van der Waals surface area contributed by atoms with E-state index >= 15 is 0 Å². The van der Waals surface area contributed by atoms with E-state index in [2.05, 4.69) is 26.0 Å². The highest BCUT2D eigenvalue weighted by molar-refractivity contribution is 9.10. The van der Waals surface area contributed by atoms with Crippen LogP contribution in [0.5, 0.6) is 0 Å². The van der Waals surface area contributed by atoms with Crippen LogP contribution in [0.4, 0.5) is 10.1 Å². The fraction of sp³-hybridized carbons (Fsp3) is 0.500. The fourth-order valence-electron chi connectivity index (χ4n) is 1.44. The monoisotopic (exact) mass is 352 g/mol. The van der Waals surface area contributed by atoms with Crippen LogP contribution in [0.25, 0.3) is 0 Å². The molecule has 1 aromatic rings. The van der Waals surface area contributed by atoms with Crippen LogP contribution in [0.3, 0.4) is 0 Å². The first-order chi connectivity index (χ1) is 8.80. The summed E-state index contributed by atoms with van der Waals surface area (Å²) < 4.78 is 39.4. The number of hydrogen-bond donors (Lipinski definition) is 2. The zero-order valence-electron chi connectivity index (χ0n) is 10.9. The Kier molecular flexibility index (Phi) is 6.22. The Balaban J connectivity index is 2.54. The molecule has 1 aromatic carbocycles. The van der Waals surface area contributed by atoms with Gasteiger partial charge in [-0.25, -0.2) is 12.8 Å². The molecule has 0 aliphatic rings. The second-order valence-electron chi connectivity index (χ2n) is 4.51. The maximum absolute atomic E-state index is 12.9. The van der Waals surface area contributed by atoms with E-state index in [0.29, 0.717) is 29.2 Å². The van der Waals surface area contributed by atoms with Crippen LogP contribution in [0, 0.1) is 5.82 Å². The molecule has 0 radical (unpaired) electrons. The van der Waals surface area contributed by atoms with Gasteiger partial charge in [0.1, 0.15) is 5.82 Å². The second-order valence-corrected chi connectivity index (χ2v) is 7.20.